The number of likely N-dealkylation sites (N-methyl/N-ethyl adjacent to an activating group) is 1. The van der Waals surface area contributed by atoms with E-state index in [1.807, 2.05) is 18.5 Å². The van der Waals surface area contributed by atoms with E-state index >= 15 is 0 Å². The summed E-state index contributed by atoms with van der Waals surface area (Å²) in [6.07, 6.45) is 4.80. The second-order valence-electron chi connectivity index (χ2n) is 6.88. The molecular weight excluding hydrogens is 433 g/mol. The number of nitrogens with zero attached hydrogens (tertiary/aromatic N) is 4. The van der Waals surface area contributed by atoms with E-state index in [0.717, 1.165) is 59.6 Å². The average molecular weight is 460 g/mol. The van der Waals surface area contributed by atoms with Gasteiger partial charge in [0.2, 0.25) is 0 Å². The van der Waals surface area contributed by atoms with Gasteiger partial charge in [-0.15, -0.1) is 24.8 Å². The van der Waals surface area contributed by atoms with E-state index in [2.05, 4.69) is 33.2 Å². The molecule has 2 aromatic heterocycles. The van der Waals surface area contributed by atoms with Crippen molar-refractivity contribution >= 4 is 53.0 Å². The molecule has 1 atom stereocenters. The zero-order chi connectivity index (χ0) is 18.8. The fourth-order valence-electron chi connectivity index (χ4n) is 3.69. The van der Waals surface area contributed by atoms with Crippen LogP contribution in [0.4, 0.5) is 5.00 Å². The van der Waals surface area contributed by atoms with Gasteiger partial charge in [0.1, 0.15) is 15.7 Å². The monoisotopic (exact) mass is 459 g/mol. The minimum atomic E-state index is -0.0547. The molecule has 0 spiro atoms. The Kier molecular flexibility index (Phi) is 8.69. The Morgan fingerprint density at radius 3 is 2.93 bits per heavy atom. The molecule has 0 aromatic carbocycles. The molecule has 2 N–H and O–H groups in total. The number of rotatable bonds is 5. The fourth-order valence-corrected chi connectivity index (χ4v) is 4.49. The molecule has 7 nitrogen and oxygen atoms in total. The van der Waals surface area contributed by atoms with Gasteiger partial charge >= 0.3 is 0 Å². The summed E-state index contributed by atoms with van der Waals surface area (Å²) in [7, 11) is 3.93. The lowest BCUT2D eigenvalue weighted by Gasteiger charge is -2.41. The Balaban J connectivity index is 0.00000150. The first-order chi connectivity index (χ1) is 13.2. The number of anilines is 1. The van der Waals surface area contributed by atoms with Gasteiger partial charge in [0.05, 0.1) is 17.7 Å². The molecule has 160 valence electrons. The molecule has 4 heterocycles. The number of aliphatic hydroxyl groups excluding tert-OH is 1. The molecule has 0 bridgehead atoms. The van der Waals surface area contributed by atoms with E-state index < -0.39 is 0 Å². The quantitative estimate of drug-likeness (QED) is 0.686. The molecule has 1 unspecified atom stereocenters. The Hall–Kier alpha value is -1.42. The second kappa shape index (κ2) is 10.6. The highest BCUT2D eigenvalue weighted by Crippen LogP contribution is 2.32. The summed E-state index contributed by atoms with van der Waals surface area (Å²) in [6, 6.07) is 4.43. The van der Waals surface area contributed by atoms with Gasteiger partial charge < -0.3 is 20.1 Å². The Morgan fingerprint density at radius 2 is 2.17 bits per heavy atom. The molecule has 4 rings (SSSR count). The van der Waals surface area contributed by atoms with Crippen LogP contribution in [0, 0.1) is 0 Å². The summed E-state index contributed by atoms with van der Waals surface area (Å²) in [5.41, 5.74) is 1.93. The summed E-state index contributed by atoms with van der Waals surface area (Å²) in [5.74, 6) is 0. The largest absolute Gasteiger partial charge is 0.389 e. The number of ether oxygens (including phenoxy) is 1. The highest BCUT2D eigenvalue weighted by Gasteiger charge is 2.29. The average Bonchev–Trinajstić information content (AvgIpc) is 3.04. The van der Waals surface area contributed by atoms with Crippen LogP contribution >= 0.6 is 36.2 Å². The normalized spacial score (nSPS) is 18.4. The summed E-state index contributed by atoms with van der Waals surface area (Å²) < 4.78 is 5.31. The van der Waals surface area contributed by atoms with Crippen LogP contribution in [0.1, 0.15) is 17.1 Å². The molecule has 0 amide bonds. The number of thiazole rings is 1. The number of pyridine rings is 1. The molecule has 2 aliphatic rings. The smallest absolute Gasteiger partial charge is 0.124 e. The van der Waals surface area contributed by atoms with Crippen molar-refractivity contribution in [2.75, 3.05) is 45.7 Å². The molecule has 1 saturated heterocycles. The van der Waals surface area contributed by atoms with Crippen molar-refractivity contribution in [1.29, 1.82) is 0 Å². The molecule has 0 radical (unpaired) electrons. The molecular formula is C19H27Cl2N5O2S. The van der Waals surface area contributed by atoms with Gasteiger partial charge in [-0.05, 0) is 25.6 Å². The van der Waals surface area contributed by atoms with Crippen LogP contribution in [0.3, 0.4) is 0 Å². The van der Waals surface area contributed by atoms with E-state index in [0.29, 0.717) is 11.0 Å². The van der Waals surface area contributed by atoms with Gasteiger partial charge in [-0.2, -0.15) is 0 Å². The minimum Gasteiger partial charge on any atom is -0.389 e. The van der Waals surface area contributed by atoms with E-state index in [9.17, 15) is 5.11 Å². The molecule has 2 aliphatic heterocycles. The van der Waals surface area contributed by atoms with Crippen molar-refractivity contribution in [2.24, 2.45) is 0 Å². The third-order valence-electron chi connectivity index (χ3n) is 5.20. The molecule has 10 heteroatoms. The topological polar surface area (TPSA) is 73.8 Å². The lowest BCUT2D eigenvalue weighted by molar-refractivity contribution is 0.0959. The second-order valence-corrected chi connectivity index (χ2v) is 7.97. The van der Waals surface area contributed by atoms with Crippen molar-refractivity contribution in [1.82, 2.24) is 19.8 Å². The van der Waals surface area contributed by atoms with E-state index in [4.69, 9.17) is 9.72 Å². The number of hydrogen-bond donors (Lipinski definition) is 2. The third-order valence-corrected chi connectivity index (χ3v) is 6.17. The number of nitrogens with one attached hydrogen (secondary N) is 1. The Bertz CT molecular complexity index is 939. The van der Waals surface area contributed by atoms with Crippen LogP contribution in [-0.2, 0) is 11.3 Å². The highest BCUT2D eigenvalue weighted by molar-refractivity contribution is 7.16. The Morgan fingerprint density at radius 1 is 1.34 bits per heavy atom. The Labute approximate surface area is 186 Å². The first-order valence-corrected chi connectivity index (χ1v) is 10.00. The maximum Gasteiger partial charge on any atom is 0.124 e. The van der Waals surface area contributed by atoms with E-state index in [1.165, 1.54) is 11.3 Å². The molecule has 2 aromatic rings. The number of piperazine rings is 1. The minimum absolute atomic E-state index is 0. The maximum atomic E-state index is 9.57. The van der Waals surface area contributed by atoms with Crippen LogP contribution in [0.2, 0.25) is 0 Å². The van der Waals surface area contributed by atoms with Gasteiger partial charge in [0, 0.05) is 57.0 Å². The zero-order valence-corrected chi connectivity index (χ0v) is 18.9. The lowest BCUT2D eigenvalue weighted by atomic mass is 10.1. The predicted molar refractivity (Wildman–Crippen MR) is 121 cm³/mol. The first kappa shape index (κ1) is 23.9. The zero-order valence-electron chi connectivity index (χ0n) is 16.5. The SMILES string of the molecule is COCCC1CN(C2=c3ncccc3=CNc3sc(CO)nc32)CCN1C.Cl.Cl. The van der Waals surface area contributed by atoms with Crippen molar-refractivity contribution in [3.8, 4) is 0 Å². The molecule has 1 fully saturated rings. The first-order valence-electron chi connectivity index (χ1n) is 9.18. The van der Waals surface area contributed by atoms with Gasteiger partial charge in [-0.3, -0.25) is 9.88 Å². The maximum absolute atomic E-state index is 9.57. The van der Waals surface area contributed by atoms with Crippen LogP contribution in [-0.4, -0.2) is 71.3 Å². The van der Waals surface area contributed by atoms with Crippen LogP contribution in [0.25, 0.3) is 11.9 Å². The number of aliphatic hydroxyl groups is 1. The van der Waals surface area contributed by atoms with Crippen LogP contribution < -0.4 is 15.9 Å². The van der Waals surface area contributed by atoms with Gasteiger partial charge in [-0.25, -0.2) is 4.98 Å². The fraction of sp³-hybridized carbons (Fsp3) is 0.474. The number of methoxy groups -OCH3 is 1. The third kappa shape index (κ3) is 4.84. The number of halogens is 2. The summed E-state index contributed by atoms with van der Waals surface area (Å²) in [6.45, 7) is 3.48. The van der Waals surface area contributed by atoms with Crippen LogP contribution in [0.15, 0.2) is 18.3 Å². The predicted octanol–water partition coefficient (Wildman–Crippen LogP) is 0.846. The van der Waals surface area contributed by atoms with Crippen molar-refractivity contribution in [2.45, 2.75) is 19.1 Å². The molecule has 0 aliphatic carbocycles. The lowest BCUT2D eigenvalue weighted by Crippen LogP contribution is -2.52. The standard InChI is InChI=1S/C19H25N5O2S.2ClH/c1-23-7-8-24(11-14(23)5-9-26-2)18-16-13(4-3-6-20-16)10-21-19-17(18)22-15(12-25)27-19;;/h3-4,6,10,14,21,25H,5,7-9,11-12H2,1-2H3;2*1H. The van der Waals surface area contributed by atoms with E-state index in [-0.39, 0.29) is 31.4 Å². The van der Waals surface area contributed by atoms with Crippen LogP contribution in [0.5, 0.6) is 0 Å². The summed E-state index contributed by atoms with van der Waals surface area (Å²) in [4.78, 5) is 14.2. The van der Waals surface area contributed by atoms with Crippen molar-refractivity contribution in [3.63, 3.8) is 0 Å². The molecule has 29 heavy (non-hydrogen) atoms. The van der Waals surface area contributed by atoms with Gasteiger partial charge in [0.15, 0.2) is 0 Å². The molecule has 0 saturated carbocycles. The number of aromatic nitrogens is 2. The summed E-state index contributed by atoms with van der Waals surface area (Å²) >= 11 is 1.49. The summed E-state index contributed by atoms with van der Waals surface area (Å²) in [5, 5.41) is 16.6. The van der Waals surface area contributed by atoms with Gasteiger partial charge in [0.25, 0.3) is 0 Å². The highest BCUT2D eigenvalue weighted by atomic mass is 35.5. The number of fused-ring (bicyclic) bond motifs is 2. The van der Waals surface area contributed by atoms with E-state index in [1.54, 1.807) is 7.11 Å². The van der Waals surface area contributed by atoms with Crippen molar-refractivity contribution < 1.29 is 9.84 Å². The number of hydrogen-bond acceptors (Lipinski definition) is 8. The van der Waals surface area contributed by atoms with Crippen molar-refractivity contribution in [3.05, 3.63) is 39.6 Å². The van der Waals surface area contributed by atoms with Gasteiger partial charge in [-0.1, -0.05) is 11.3 Å².